The Morgan fingerprint density at radius 3 is 2.58 bits per heavy atom. The van der Waals surface area contributed by atoms with E-state index in [2.05, 4.69) is 5.32 Å². The number of rotatable bonds is 10. The predicted octanol–water partition coefficient (Wildman–Crippen LogP) is 3.27. The molecule has 1 unspecified atom stereocenters. The second-order valence-corrected chi connectivity index (χ2v) is 6.56. The SMILES string of the molecule is O=C(NCCCC(CCO)C(=O)O)c1cc(Oc2ccc(F)cc2)cs1. The number of amides is 1. The molecule has 3 N–H and O–H groups in total. The second-order valence-electron chi connectivity index (χ2n) is 5.65. The molecule has 1 atom stereocenters. The minimum Gasteiger partial charge on any atom is -0.481 e. The molecular weight excluding hydrogens is 361 g/mol. The van der Waals surface area contributed by atoms with Gasteiger partial charge in [-0.2, -0.15) is 0 Å². The van der Waals surface area contributed by atoms with Crippen molar-refractivity contribution in [1.29, 1.82) is 0 Å². The summed E-state index contributed by atoms with van der Waals surface area (Å²) in [5.41, 5.74) is 0. The van der Waals surface area contributed by atoms with E-state index in [1.54, 1.807) is 11.4 Å². The van der Waals surface area contributed by atoms with Gasteiger partial charge in [0.1, 0.15) is 17.3 Å². The number of carbonyl (C=O) groups is 2. The molecule has 0 fully saturated rings. The maximum atomic E-state index is 12.9. The maximum Gasteiger partial charge on any atom is 0.306 e. The summed E-state index contributed by atoms with van der Waals surface area (Å²) in [5, 5.41) is 22.2. The highest BCUT2D eigenvalue weighted by Gasteiger charge is 2.16. The summed E-state index contributed by atoms with van der Waals surface area (Å²) in [6.07, 6.45) is 1.10. The predicted molar refractivity (Wildman–Crippen MR) is 95.2 cm³/mol. The number of carbonyl (C=O) groups excluding carboxylic acids is 1. The number of aliphatic carboxylic acids is 1. The molecule has 140 valence electrons. The molecule has 1 aromatic carbocycles. The number of halogens is 1. The quantitative estimate of drug-likeness (QED) is 0.549. The fraction of sp³-hybridized carbons (Fsp3) is 0.333. The minimum absolute atomic E-state index is 0.171. The van der Waals surface area contributed by atoms with Crippen LogP contribution in [0, 0.1) is 11.7 Å². The summed E-state index contributed by atoms with van der Waals surface area (Å²) in [4.78, 5) is 23.5. The van der Waals surface area contributed by atoms with E-state index in [0.29, 0.717) is 35.8 Å². The van der Waals surface area contributed by atoms with Crippen molar-refractivity contribution in [3.8, 4) is 11.5 Å². The van der Waals surface area contributed by atoms with E-state index in [9.17, 15) is 14.0 Å². The molecule has 0 aliphatic rings. The summed E-state index contributed by atoms with van der Waals surface area (Å²) in [6.45, 7) is 0.176. The average molecular weight is 381 g/mol. The van der Waals surface area contributed by atoms with E-state index in [1.165, 1.54) is 35.6 Å². The molecule has 0 aliphatic heterocycles. The fourth-order valence-electron chi connectivity index (χ4n) is 2.31. The highest BCUT2D eigenvalue weighted by Crippen LogP contribution is 2.27. The van der Waals surface area contributed by atoms with Gasteiger partial charge in [0.25, 0.3) is 5.91 Å². The number of hydrogen-bond donors (Lipinski definition) is 3. The number of carboxylic acids is 1. The number of carboxylic acid groups (broad SMARTS) is 1. The number of nitrogens with one attached hydrogen (secondary N) is 1. The van der Waals surface area contributed by atoms with Crippen LogP contribution in [0.4, 0.5) is 4.39 Å². The van der Waals surface area contributed by atoms with Crippen LogP contribution < -0.4 is 10.1 Å². The summed E-state index contributed by atoms with van der Waals surface area (Å²) >= 11 is 1.22. The summed E-state index contributed by atoms with van der Waals surface area (Å²) < 4.78 is 18.4. The van der Waals surface area contributed by atoms with Gasteiger partial charge in [0.2, 0.25) is 0 Å². The van der Waals surface area contributed by atoms with Crippen LogP contribution in [-0.2, 0) is 4.79 Å². The van der Waals surface area contributed by atoms with Gasteiger partial charge in [-0.1, -0.05) is 0 Å². The topological polar surface area (TPSA) is 95.9 Å². The molecule has 0 radical (unpaired) electrons. The average Bonchev–Trinajstić information content (AvgIpc) is 3.08. The van der Waals surface area contributed by atoms with Crippen molar-refractivity contribution in [3.63, 3.8) is 0 Å². The molecule has 2 aromatic rings. The Labute approximate surface area is 154 Å². The molecule has 0 bridgehead atoms. The molecule has 1 heterocycles. The highest BCUT2D eigenvalue weighted by atomic mass is 32.1. The lowest BCUT2D eigenvalue weighted by atomic mass is 10.0. The Kier molecular flexibility index (Phi) is 7.55. The van der Waals surface area contributed by atoms with Crippen molar-refractivity contribution in [2.24, 2.45) is 5.92 Å². The maximum absolute atomic E-state index is 12.9. The third-order valence-corrected chi connectivity index (χ3v) is 4.60. The first-order valence-corrected chi connectivity index (χ1v) is 9.01. The van der Waals surface area contributed by atoms with Crippen molar-refractivity contribution < 1.29 is 28.9 Å². The molecule has 0 aliphatic carbocycles. The van der Waals surface area contributed by atoms with Crippen molar-refractivity contribution in [2.75, 3.05) is 13.2 Å². The van der Waals surface area contributed by atoms with Crippen LogP contribution in [0.1, 0.15) is 28.9 Å². The second kappa shape index (κ2) is 9.88. The van der Waals surface area contributed by atoms with Gasteiger partial charge in [-0.15, -0.1) is 11.3 Å². The van der Waals surface area contributed by atoms with Gasteiger partial charge < -0.3 is 20.3 Å². The number of benzene rings is 1. The van der Waals surface area contributed by atoms with Gasteiger partial charge in [-0.3, -0.25) is 9.59 Å². The van der Waals surface area contributed by atoms with Crippen LogP contribution in [0.5, 0.6) is 11.5 Å². The van der Waals surface area contributed by atoms with Gasteiger partial charge in [0.15, 0.2) is 0 Å². The lowest BCUT2D eigenvalue weighted by molar-refractivity contribution is -0.142. The number of aliphatic hydroxyl groups excluding tert-OH is 1. The van der Waals surface area contributed by atoms with Crippen molar-refractivity contribution in [1.82, 2.24) is 5.32 Å². The van der Waals surface area contributed by atoms with Crippen molar-refractivity contribution >= 4 is 23.2 Å². The molecule has 0 saturated carbocycles. The van der Waals surface area contributed by atoms with Crippen LogP contribution in [0.15, 0.2) is 35.7 Å². The van der Waals surface area contributed by atoms with E-state index in [-0.39, 0.29) is 24.8 Å². The fourth-order valence-corrected chi connectivity index (χ4v) is 3.04. The van der Waals surface area contributed by atoms with Crippen LogP contribution in [-0.4, -0.2) is 35.2 Å². The zero-order valence-corrected chi connectivity index (χ0v) is 14.8. The Balaban J connectivity index is 1.78. The van der Waals surface area contributed by atoms with Crippen LogP contribution >= 0.6 is 11.3 Å². The first-order valence-electron chi connectivity index (χ1n) is 8.13. The molecular formula is C18H20FNO5S. The zero-order valence-electron chi connectivity index (χ0n) is 14.0. The van der Waals surface area contributed by atoms with Gasteiger partial charge in [-0.25, -0.2) is 4.39 Å². The smallest absolute Gasteiger partial charge is 0.306 e. The van der Waals surface area contributed by atoms with E-state index >= 15 is 0 Å². The highest BCUT2D eigenvalue weighted by molar-refractivity contribution is 7.12. The molecule has 26 heavy (non-hydrogen) atoms. The summed E-state index contributed by atoms with van der Waals surface area (Å²) in [7, 11) is 0. The standard InChI is InChI=1S/C18H20FNO5S/c19-13-3-5-14(6-4-13)25-15-10-16(26-11-15)17(22)20-8-1-2-12(7-9-21)18(23)24/h3-6,10-12,21H,1-2,7-9H2,(H,20,22)(H,23,24). The number of thiophene rings is 1. The van der Waals surface area contributed by atoms with Crippen LogP contribution in [0.25, 0.3) is 0 Å². The zero-order chi connectivity index (χ0) is 18.9. The summed E-state index contributed by atoms with van der Waals surface area (Å²) in [6, 6.07) is 7.16. The molecule has 1 amide bonds. The van der Waals surface area contributed by atoms with Gasteiger partial charge in [0.05, 0.1) is 10.8 Å². The third-order valence-electron chi connectivity index (χ3n) is 3.69. The van der Waals surface area contributed by atoms with Crippen LogP contribution in [0.3, 0.4) is 0 Å². The van der Waals surface area contributed by atoms with Gasteiger partial charge in [0, 0.05) is 24.6 Å². The Bertz CT molecular complexity index is 731. The lowest BCUT2D eigenvalue weighted by Crippen LogP contribution is -2.25. The third kappa shape index (κ3) is 6.12. The lowest BCUT2D eigenvalue weighted by Gasteiger charge is -2.10. The molecule has 1 aromatic heterocycles. The molecule has 8 heteroatoms. The Morgan fingerprint density at radius 2 is 1.92 bits per heavy atom. The Morgan fingerprint density at radius 1 is 1.19 bits per heavy atom. The first kappa shape index (κ1) is 19.9. The number of aliphatic hydroxyl groups is 1. The van der Waals surface area contributed by atoms with E-state index < -0.39 is 11.9 Å². The largest absolute Gasteiger partial charge is 0.481 e. The normalized spacial score (nSPS) is 11.8. The molecule has 2 rings (SSSR count). The molecule has 6 nitrogen and oxygen atoms in total. The number of ether oxygens (including phenoxy) is 1. The van der Waals surface area contributed by atoms with Gasteiger partial charge in [-0.05, 0) is 43.5 Å². The van der Waals surface area contributed by atoms with Crippen molar-refractivity contribution in [2.45, 2.75) is 19.3 Å². The summed E-state index contributed by atoms with van der Waals surface area (Å²) in [5.74, 6) is -1.20. The van der Waals surface area contributed by atoms with Gasteiger partial charge >= 0.3 is 5.97 Å². The van der Waals surface area contributed by atoms with Crippen molar-refractivity contribution in [3.05, 3.63) is 46.4 Å². The van der Waals surface area contributed by atoms with Crippen LogP contribution in [0.2, 0.25) is 0 Å². The van der Waals surface area contributed by atoms with E-state index in [1.807, 2.05) is 0 Å². The molecule has 0 spiro atoms. The molecule has 0 saturated heterocycles. The first-order chi connectivity index (χ1) is 12.5. The monoisotopic (exact) mass is 381 g/mol. The minimum atomic E-state index is -0.939. The Hall–Kier alpha value is -2.45. The number of hydrogen-bond acceptors (Lipinski definition) is 5. The van der Waals surface area contributed by atoms with E-state index in [0.717, 1.165) is 0 Å². The van der Waals surface area contributed by atoms with E-state index in [4.69, 9.17) is 14.9 Å².